The van der Waals surface area contributed by atoms with Crippen LogP contribution in [0.4, 0.5) is 0 Å². The highest BCUT2D eigenvalue weighted by Gasteiger charge is 2.46. The molecular weight excluding hydrogens is 274 g/mol. The summed E-state index contributed by atoms with van der Waals surface area (Å²) in [6.45, 7) is 8.84. The third kappa shape index (κ3) is 3.22. The minimum atomic E-state index is -0.443. The van der Waals surface area contributed by atoms with E-state index in [2.05, 4.69) is 31.4 Å². The number of nitrogens with one attached hydrogen (secondary N) is 2. The summed E-state index contributed by atoms with van der Waals surface area (Å²) in [4.78, 5) is 17.3. The number of hydrogen-bond donors (Lipinski definition) is 2. The molecule has 2 N–H and O–H groups in total. The van der Waals surface area contributed by atoms with Gasteiger partial charge in [0.05, 0.1) is 0 Å². The molecule has 2 aliphatic heterocycles. The van der Waals surface area contributed by atoms with Crippen molar-refractivity contribution in [3.05, 3.63) is 0 Å². The summed E-state index contributed by atoms with van der Waals surface area (Å²) in [5, 5.41) is 6.44. The predicted octanol–water partition coefficient (Wildman–Crippen LogP) is 3.13. The summed E-state index contributed by atoms with van der Waals surface area (Å²) in [5.41, 5.74) is -0.0383. The first-order valence-electron chi connectivity index (χ1n) is 8.53. The van der Waals surface area contributed by atoms with Crippen molar-refractivity contribution >= 4 is 11.7 Å². The number of amidine groups is 1. The SMILES string of the molecule is C.CC(C)(C)C1CCC(C2=NC3(CCNCC3)C(=O)N2)CC1. The van der Waals surface area contributed by atoms with Crippen LogP contribution < -0.4 is 10.6 Å². The molecule has 0 radical (unpaired) electrons. The second-order valence-electron chi connectivity index (χ2n) is 8.15. The lowest BCUT2D eigenvalue weighted by Crippen LogP contribution is -2.47. The van der Waals surface area contributed by atoms with Gasteiger partial charge < -0.3 is 10.6 Å². The van der Waals surface area contributed by atoms with E-state index in [1.807, 2.05) is 0 Å². The molecule has 3 rings (SSSR count). The maximum Gasteiger partial charge on any atom is 0.253 e. The van der Waals surface area contributed by atoms with Crippen molar-refractivity contribution in [2.75, 3.05) is 13.1 Å². The van der Waals surface area contributed by atoms with E-state index in [4.69, 9.17) is 4.99 Å². The van der Waals surface area contributed by atoms with Crippen LogP contribution in [0.1, 0.15) is 66.7 Å². The van der Waals surface area contributed by atoms with E-state index in [0.717, 1.165) is 37.7 Å². The van der Waals surface area contributed by atoms with E-state index in [1.165, 1.54) is 25.7 Å². The third-order valence-electron chi connectivity index (χ3n) is 5.77. The molecule has 1 amide bonds. The Labute approximate surface area is 135 Å². The van der Waals surface area contributed by atoms with E-state index in [1.54, 1.807) is 0 Å². The Morgan fingerprint density at radius 2 is 1.68 bits per heavy atom. The van der Waals surface area contributed by atoms with Crippen molar-refractivity contribution in [1.29, 1.82) is 0 Å². The molecule has 126 valence electrons. The Bertz CT molecular complexity index is 436. The van der Waals surface area contributed by atoms with E-state index >= 15 is 0 Å². The van der Waals surface area contributed by atoms with Crippen molar-refractivity contribution in [2.24, 2.45) is 22.2 Å². The topological polar surface area (TPSA) is 53.5 Å². The molecular formula is C18H33N3O. The standard InChI is InChI=1S/C17H29N3O.CH4/c1-16(2,3)13-6-4-12(5-7-13)14-19-15(21)17(20-14)8-10-18-11-9-17;/h12-13,18H,4-11H2,1-3H3,(H,19,20,21);1H4. The molecule has 0 aromatic rings. The maximum atomic E-state index is 12.4. The molecule has 1 spiro atoms. The van der Waals surface area contributed by atoms with Crippen molar-refractivity contribution < 1.29 is 4.79 Å². The number of amides is 1. The second kappa shape index (κ2) is 6.31. The summed E-state index contributed by atoms with van der Waals surface area (Å²) in [6.07, 6.45) is 6.57. The molecule has 22 heavy (non-hydrogen) atoms. The second-order valence-corrected chi connectivity index (χ2v) is 8.15. The first-order valence-corrected chi connectivity index (χ1v) is 8.53. The number of hydrogen-bond acceptors (Lipinski definition) is 3. The van der Waals surface area contributed by atoms with E-state index < -0.39 is 5.54 Å². The van der Waals surface area contributed by atoms with Gasteiger partial charge in [-0.05, 0) is 62.9 Å². The number of nitrogens with zero attached hydrogens (tertiary/aromatic N) is 1. The van der Waals surface area contributed by atoms with Crippen LogP contribution in [0.2, 0.25) is 0 Å². The highest BCUT2D eigenvalue weighted by Crippen LogP contribution is 2.41. The zero-order valence-corrected chi connectivity index (χ0v) is 13.7. The van der Waals surface area contributed by atoms with Gasteiger partial charge in [0.25, 0.3) is 5.91 Å². The van der Waals surface area contributed by atoms with Crippen LogP contribution >= 0.6 is 0 Å². The molecule has 2 heterocycles. The fourth-order valence-electron chi connectivity index (χ4n) is 4.15. The molecule has 1 saturated carbocycles. The highest BCUT2D eigenvalue weighted by molar-refractivity contribution is 6.09. The van der Waals surface area contributed by atoms with Gasteiger partial charge in [-0.25, -0.2) is 0 Å². The Balaban J connectivity index is 0.00000176. The Kier molecular flexibility index (Phi) is 5.00. The number of piperidine rings is 1. The Morgan fingerprint density at radius 1 is 1.09 bits per heavy atom. The normalized spacial score (nSPS) is 31.4. The summed E-state index contributed by atoms with van der Waals surface area (Å²) in [6, 6.07) is 0. The van der Waals surface area contributed by atoms with Crippen molar-refractivity contribution in [3.8, 4) is 0 Å². The summed E-state index contributed by atoms with van der Waals surface area (Å²) in [7, 11) is 0. The maximum absolute atomic E-state index is 12.4. The minimum Gasteiger partial charge on any atom is -0.317 e. The van der Waals surface area contributed by atoms with Crippen LogP contribution in [0.5, 0.6) is 0 Å². The van der Waals surface area contributed by atoms with Gasteiger partial charge in [-0.1, -0.05) is 28.2 Å². The zero-order chi connectivity index (χ0) is 15.1. The smallest absolute Gasteiger partial charge is 0.253 e. The average Bonchev–Trinajstić information content (AvgIpc) is 2.76. The molecule has 0 atom stereocenters. The van der Waals surface area contributed by atoms with Crippen LogP contribution in [-0.4, -0.2) is 30.4 Å². The van der Waals surface area contributed by atoms with Gasteiger partial charge in [0.15, 0.2) is 0 Å². The lowest BCUT2D eigenvalue weighted by Gasteiger charge is -2.36. The Morgan fingerprint density at radius 3 is 2.23 bits per heavy atom. The fraction of sp³-hybridized carbons (Fsp3) is 0.889. The number of carbonyl (C=O) groups excluding carboxylic acids is 1. The van der Waals surface area contributed by atoms with Crippen LogP contribution in [0.25, 0.3) is 0 Å². The number of aliphatic imine (C=N–C) groups is 1. The van der Waals surface area contributed by atoms with Gasteiger partial charge in [-0.2, -0.15) is 0 Å². The van der Waals surface area contributed by atoms with Gasteiger partial charge in [0.2, 0.25) is 0 Å². The predicted molar refractivity (Wildman–Crippen MR) is 92.0 cm³/mol. The van der Waals surface area contributed by atoms with E-state index in [9.17, 15) is 4.79 Å². The van der Waals surface area contributed by atoms with Gasteiger partial charge in [0.1, 0.15) is 11.4 Å². The van der Waals surface area contributed by atoms with E-state index in [-0.39, 0.29) is 13.3 Å². The van der Waals surface area contributed by atoms with Crippen LogP contribution in [0.15, 0.2) is 4.99 Å². The molecule has 4 heteroatoms. The largest absolute Gasteiger partial charge is 0.317 e. The molecule has 0 unspecified atom stereocenters. The minimum absolute atomic E-state index is 0. The van der Waals surface area contributed by atoms with Crippen LogP contribution in [0.3, 0.4) is 0 Å². The first-order chi connectivity index (χ1) is 9.91. The highest BCUT2D eigenvalue weighted by atomic mass is 16.2. The van der Waals surface area contributed by atoms with Crippen molar-refractivity contribution in [2.45, 2.75) is 72.3 Å². The quantitative estimate of drug-likeness (QED) is 0.782. The lowest BCUT2D eigenvalue weighted by molar-refractivity contribution is -0.124. The van der Waals surface area contributed by atoms with Crippen LogP contribution in [-0.2, 0) is 4.79 Å². The molecule has 1 aliphatic carbocycles. The molecule has 1 saturated heterocycles. The average molecular weight is 307 g/mol. The molecule has 4 nitrogen and oxygen atoms in total. The molecule has 0 aromatic heterocycles. The monoisotopic (exact) mass is 307 g/mol. The van der Waals surface area contributed by atoms with Crippen LogP contribution in [0, 0.1) is 17.3 Å². The summed E-state index contributed by atoms with van der Waals surface area (Å²) in [5.74, 6) is 2.42. The van der Waals surface area contributed by atoms with Gasteiger partial charge in [-0.15, -0.1) is 0 Å². The summed E-state index contributed by atoms with van der Waals surface area (Å²) >= 11 is 0. The molecule has 3 aliphatic rings. The number of carbonyl (C=O) groups is 1. The van der Waals surface area contributed by atoms with E-state index in [0.29, 0.717) is 11.3 Å². The van der Waals surface area contributed by atoms with Crippen molar-refractivity contribution in [3.63, 3.8) is 0 Å². The summed E-state index contributed by atoms with van der Waals surface area (Å²) < 4.78 is 0. The first kappa shape index (κ1) is 17.5. The van der Waals surface area contributed by atoms with Gasteiger partial charge >= 0.3 is 0 Å². The third-order valence-corrected chi connectivity index (χ3v) is 5.77. The zero-order valence-electron chi connectivity index (χ0n) is 13.7. The number of rotatable bonds is 1. The Hall–Kier alpha value is -0.900. The lowest BCUT2D eigenvalue weighted by atomic mass is 9.69. The molecule has 0 bridgehead atoms. The van der Waals surface area contributed by atoms with Gasteiger partial charge in [0, 0.05) is 5.92 Å². The molecule has 0 aromatic carbocycles. The van der Waals surface area contributed by atoms with Crippen molar-refractivity contribution in [1.82, 2.24) is 10.6 Å². The van der Waals surface area contributed by atoms with Gasteiger partial charge in [-0.3, -0.25) is 9.79 Å². The fourth-order valence-corrected chi connectivity index (χ4v) is 4.15. The molecule has 2 fully saturated rings.